The lowest BCUT2D eigenvalue weighted by Crippen LogP contribution is -2.17. The lowest BCUT2D eigenvalue weighted by atomic mass is 10.2. The van der Waals surface area contributed by atoms with Crippen molar-refractivity contribution in [2.24, 2.45) is 5.14 Å². The van der Waals surface area contributed by atoms with Gasteiger partial charge >= 0.3 is 0 Å². The van der Waals surface area contributed by atoms with Gasteiger partial charge in [-0.15, -0.1) is 11.8 Å². The average molecular weight is 336 g/mol. The third kappa shape index (κ3) is 4.59. The van der Waals surface area contributed by atoms with Gasteiger partial charge in [0.2, 0.25) is 15.9 Å². The summed E-state index contributed by atoms with van der Waals surface area (Å²) >= 11 is 1.41. The molecule has 0 saturated heterocycles. The van der Waals surface area contributed by atoms with Gasteiger partial charge in [0, 0.05) is 10.6 Å². The third-order valence-corrected chi connectivity index (χ3v) is 4.96. The monoisotopic (exact) mass is 336 g/mol. The first-order valence-corrected chi connectivity index (χ1v) is 9.00. The third-order valence-electron chi connectivity index (χ3n) is 2.89. The summed E-state index contributed by atoms with van der Waals surface area (Å²) in [7, 11) is -3.80. The van der Waals surface area contributed by atoms with Crippen molar-refractivity contribution in [2.75, 3.05) is 11.1 Å². The Morgan fingerprint density at radius 3 is 2.50 bits per heavy atom. The van der Waals surface area contributed by atoms with Gasteiger partial charge in [0.1, 0.15) is 0 Å². The van der Waals surface area contributed by atoms with E-state index in [0.717, 1.165) is 4.90 Å². The van der Waals surface area contributed by atoms with Gasteiger partial charge in [0.15, 0.2) is 0 Å². The molecule has 2 rings (SSSR count). The number of nitrogens with two attached hydrogens (primary N) is 1. The van der Waals surface area contributed by atoms with E-state index in [4.69, 9.17) is 5.14 Å². The molecule has 22 heavy (non-hydrogen) atoms. The molecule has 0 heterocycles. The van der Waals surface area contributed by atoms with Crippen molar-refractivity contribution < 1.29 is 13.2 Å². The topological polar surface area (TPSA) is 89.3 Å². The SMILES string of the molecule is Cc1ccc(NC(=O)CSc2ccccc2)cc1S(N)(=O)=O. The van der Waals surface area contributed by atoms with Crippen molar-refractivity contribution in [1.29, 1.82) is 0 Å². The second-order valence-corrected chi connectivity index (χ2v) is 7.25. The fourth-order valence-electron chi connectivity index (χ4n) is 1.85. The minimum Gasteiger partial charge on any atom is -0.325 e. The van der Waals surface area contributed by atoms with Crippen LogP contribution in [-0.2, 0) is 14.8 Å². The molecule has 0 aromatic heterocycles. The van der Waals surface area contributed by atoms with Gasteiger partial charge in [0.05, 0.1) is 10.6 Å². The van der Waals surface area contributed by atoms with Crippen LogP contribution in [-0.4, -0.2) is 20.1 Å². The second kappa shape index (κ2) is 6.95. The van der Waals surface area contributed by atoms with E-state index in [1.807, 2.05) is 30.3 Å². The Labute approximate surface area is 134 Å². The van der Waals surface area contributed by atoms with E-state index in [-0.39, 0.29) is 16.6 Å². The maximum atomic E-state index is 11.9. The normalized spacial score (nSPS) is 11.2. The lowest BCUT2D eigenvalue weighted by Gasteiger charge is -2.09. The molecule has 7 heteroatoms. The van der Waals surface area contributed by atoms with Crippen molar-refractivity contribution in [3.05, 3.63) is 54.1 Å². The number of nitrogens with one attached hydrogen (secondary N) is 1. The molecule has 0 bridgehead atoms. The van der Waals surface area contributed by atoms with Gasteiger partial charge in [-0.3, -0.25) is 4.79 Å². The second-order valence-electron chi connectivity index (χ2n) is 4.68. The molecule has 0 aliphatic carbocycles. The van der Waals surface area contributed by atoms with Crippen LogP contribution in [0, 0.1) is 6.92 Å². The molecule has 116 valence electrons. The zero-order valence-corrected chi connectivity index (χ0v) is 13.6. The molecular weight excluding hydrogens is 320 g/mol. The van der Waals surface area contributed by atoms with Crippen LogP contribution in [0.3, 0.4) is 0 Å². The van der Waals surface area contributed by atoms with Gasteiger partial charge in [0.25, 0.3) is 0 Å². The van der Waals surface area contributed by atoms with Crippen LogP contribution in [0.5, 0.6) is 0 Å². The maximum Gasteiger partial charge on any atom is 0.238 e. The molecular formula is C15H16N2O3S2. The molecule has 2 aromatic carbocycles. The molecule has 1 amide bonds. The number of primary sulfonamides is 1. The van der Waals surface area contributed by atoms with Crippen molar-refractivity contribution in [3.63, 3.8) is 0 Å². The first-order chi connectivity index (χ1) is 10.4. The summed E-state index contributed by atoms with van der Waals surface area (Å²) in [6, 6.07) is 14.2. The highest BCUT2D eigenvalue weighted by Gasteiger charge is 2.13. The van der Waals surface area contributed by atoms with E-state index >= 15 is 0 Å². The minimum absolute atomic E-state index is 0.0148. The molecule has 0 saturated carbocycles. The first kappa shape index (κ1) is 16.5. The highest BCUT2D eigenvalue weighted by Crippen LogP contribution is 2.20. The predicted octanol–water partition coefficient (Wildman–Crippen LogP) is 2.37. The molecule has 0 unspecified atom stereocenters. The number of benzene rings is 2. The summed E-state index contributed by atoms with van der Waals surface area (Å²) in [6.45, 7) is 1.65. The number of carbonyl (C=O) groups is 1. The van der Waals surface area contributed by atoms with Gasteiger partial charge in [-0.2, -0.15) is 0 Å². The quantitative estimate of drug-likeness (QED) is 0.820. The molecule has 5 nitrogen and oxygen atoms in total. The summed E-state index contributed by atoms with van der Waals surface area (Å²) in [6.07, 6.45) is 0. The minimum atomic E-state index is -3.80. The molecule has 0 atom stereocenters. The molecule has 0 aliphatic heterocycles. The Kier molecular flexibility index (Phi) is 5.23. The van der Waals surface area contributed by atoms with Crippen molar-refractivity contribution in [3.8, 4) is 0 Å². The number of anilines is 1. The Balaban J connectivity index is 2.03. The summed E-state index contributed by atoms with van der Waals surface area (Å²) in [5.74, 6) is 0.0286. The molecule has 0 spiro atoms. The number of carbonyl (C=O) groups excluding carboxylic acids is 1. The van der Waals surface area contributed by atoms with Gasteiger partial charge in [-0.1, -0.05) is 24.3 Å². The summed E-state index contributed by atoms with van der Waals surface area (Å²) < 4.78 is 22.9. The average Bonchev–Trinajstić information content (AvgIpc) is 2.47. The van der Waals surface area contributed by atoms with Crippen LogP contribution in [0.25, 0.3) is 0 Å². The molecule has 0 radical (unpaired) electrons. The van der Waals surface area contributed by atoms with Crippen LogP contribution in [0.1, 0.15) is 5.56 Å². The number of thioether (sulfide) groups is 1. The fraction of sp³-hybridized carbons (Fsp3) is 0.133. The predicted molar refractivity (Wildman–Crippen MR) is 88.3 cm³/mol. The van der Waals surface area contributed by atoms with Crippen molar-refractivity contribution in [1.82, 2.24) is 0 Å². The number of hydrogen-bond donors (Lipinski definition) is 2. The largest absolute Gasteiger partial charge is 0.325 e. The van der Waals surface area contributed by atoms with Crippen LogP contribution in [0.4, 0.5) is 5.69 Å². The standard InChI is InChI=1S/C15H16N2O3S2/c1-11-7-8-12(9-14(11)22(16,19)20)17-15(18)10-21-13-5-3-2-4-6-13/h2-9H,10H2,1H3,(H,17,18)(H2,16,19,20). The Bertz CT molecular complexity index is 775. The van der Waals surface area contributed by atoms with E-state index in [1.54, 1.807) is 19.1 Å². The van der Waals surface area contributed by atoms with Crippen LogP contribution in [0.15, 0.2) is 58.3 Å². The van der Waals surface area contributed by atoms with E-state index < -0.39 is 10.0 Å². The summed E-state index contributed by atoms with van der Waals surface area (Å²) in [4.78, 5) is 12.9. The highest BCUT2D eigenvalue weighted by molar-refractivity contribution is 8.00. The first-order valence-electron chi connectivity index (χ1n) is 6.47. The number of aryl methyl sites for hydroxylation is 1. The number of hydrogen-bond acceptors (Lipinski definition) is 4. The Morgan fingerprint density at radius 1 is 1.18 bits per heavy atom. The molecule has 0 aliphatic rings. The summed E-state index contributed by atoms with van der Waals surface area (Å²) in [5, 5.41) is 7.82. The van der Waals surface area contributed by atoms with Gasteiger partial charge in [-0.25, -0.2) is 13.6 Å². The Hall–Kier alpha value is -1.83. The van der Waals surface area contributed by atoms with Crippen LogP contribution >= 0.6 is 11.8 Å². The summed E-state index contributed by atoms with van der Waals surface area (Å²) in [5.41, 5.74) is 0.951. The van der Waals surface area contributed by atoms with E-state index in [2.05, 4.69) is 5.32 Å². The Morgan fingerprint density at radius 2 is 1.86 bits per heavy atom. The zero-order valence-electron chi connectivity index (χ0n) is 11.9. The molecule has 2 aromatic rings. The van der Waals surface area contributed by atoms with Crippen LogP contribution < -0.4 is 10.5 Å². The van der Waals surface area contributed by atoms with Crippen molar-refractivity contribution in [2.45, 2.75) is 16.7 Å². The van der Waals surface area contributed by atoms with Gasteiger partial charge < -0.3 is 5.32 Å². The van der Waals surface area contributed by atoms with E-state index in [0.29, 0.717) is 11.3 Å². The van der Waals surface area contributed by atoms with Crippen LogP contribution in [0.2, 0.25) is 0 Å². The van der Waals surface area contributed by atoms with E-state index in [9.17, 15) is 13.2 Å². The number of rotatable bonds is 5. The molecule has 0 fully saturated rings. The lowest BCUT2D eigenvalue weighted by molar-refractivity contribution is -0.113. The number of amides is 1. The van der Waals surface area contributed by atoms with Crippen molar-refractivity contribution >= 4 is 33.4 Å². The maximum absolute atomic E-state index is 11.9. The fourth-order valence-corrected chi connectivity index (χ4v) is 3.37. The zero-order chi connectivity index (χ0) is 16.2. The number of sulfonamides is 1. The smallest absolute Gasteiger partial charge is 0.238 e. The van der Waals surface area contributed by atoms with Gasteiger partial charge in [-0.05, 0) is 36.8 Å². The van der Waals surface area contributed by atoms with E-state index in [1.165, 1.54) is 17.8 Å². The highest BCUT2D eigenvalue weighted by atomic mass is 32.2. The molecule has 3 N–H and O–H groups in total.